The van der Waals surface area contributed by atoms with Crippen LogP contribution < -0.4 is 21.8 Å². The van der Waals surface area contributed by atoms with Crippen molar-refractivity contribution in [1.82, 2.24) is 5.48 Å². The number of carbonyl (C=O) groups is 3. The Morgan fingerprint density at radius 1 is 0.730 bits per heavy atom. The number of nitrogens with one attached hydrogen (secondary N) is 3. The number of rotatable bonds is 13. The maximum Gasteiger partial charge on any atom is 0.243 e. The summed E-state index contributed by atoms with van der Waals surface area (Å²) in [7, 11) is 0. The van der Waals surface area contributed by atoms with Crippen LogP contribution in [0.1, 0.15) is 44.1 Å². The molecule has 0 radical (unpaired) electrons. The lowest BCUT2D eigenvalue weighted by Crippen LogP contribution is -2.37. The smallest absolute Gasteiger partial charge is 0.243 e. The molecule has 0 aliphatic rings. The summed E-state index contributed by atoms with van der Waals surface area (Å²) < 4.78 is 0. The number of benzene rings is 3. The van der Waals surface area contributed by atoms with Crippen molar-refractivity contribution in [2.24, 2.45) is 5.73 Å². The van der Waals surface area contributed by atoms with E-state index in [1.807, 2.05) is 78.9 Å². The highest BCUT2D eigenvalue weighted by molar-refractivity contribution is 5.98. The topological polar surface area (TPSA) is 134 Å². The van der Waals surface area contributed by atoms with Crippen LogP contribution in [0.25, 0.3) is 11.1 Å². The summed E-state index contributed by atoms with van der Waals surface area (Å²) in [5, 5.41) is 14.3. The van der Waals surface area contributed by atoms with Gasteiger partial charge in [0.15, 0.2) is 0 Å². The first-order valence-electron chi connectivity index (χ1n) is 12.5. The Morgan fingerprint density at radius 2 is 1.35 bits per heavy atom. The zero-order chi connectivity index (χ0) is 26.5. The Hall–Kier alpha value is -4.01. The van der Waals surface area contributed by atoms with Crippen molar-refractivity contribution >= 4 is 29.1 Å². The molecule has 0 unspecified atom stereocenters. The standard InChI is InChI=1S/C29H34N4O4/c30-25(20-21-10-4-3-5-11-21)29(36)32-26-13-9-8-12-24(26)22-16-18-23(19-17-22)31-27(34)14-6-1-2-7-15-28(35)33-37/h3-5,8-13,16-19,25,37H,1-2,6-7,14-15,20,30H2,(H,31,34)(H,32,36)(H,33,35)/t25-/m0/s1. The molecule has 0 bridgehead atoms. The quantitative estimate of drug-likeness (QED) is 0.132. The summed E-state index contributed by atoms with van der Waals surface area (Å²) >= 11 is 0. The molecule has 0 fully saturated rings. The molecule has 0 heterocycles. The third-order valence-electron chi connectivity index (χ3n) is 5.98. The van der Waals surface area contributed by atoms with Gasteiger partial charge < -0.3 is 16.4 Å². The molecule has 1 atom stereocenters. The molecule has 0 aromatic heterocycles. The summed E-state index contributed by atoms with van der Waals surface area (Å²) in [6.07, 6.45) is 4.18. The molecule has 37 heavy (non-hydrogen) atoms. The molecule has 0 spiro atoms. The van der Waals surface area contributed by atoms with Gasteiger partial charge in [-0.05, 0) is 48.6 Å². The number of hydrogen-bond donors (Lipinski definition) is 5. The second-order valence-electron chi connectivity index (χ2n) is 8.91. The summed E-state index contributed by atoms with van der Waals surface area (Å²) in [5.41, 5.74) is 11.9. The van der Waals surface area contributed by atoms with E-state index in [4.69, 9.17) is 10.9 Å². The van der Waals surface area contributed by atoms with Gasteiger partial charge in [-0.3, -0.25) is 19.6 Å². The molecule has 194 valence electrons. The van der Waals surface area contributed by atoms with Gasteiger partial charge in [-0.2, -0.15) is 0 Å². The fraction of sp³-hybridized carbons (Fsp3) is 0.276. The average molecular weight is 503 g/mol. The van der Waals surface area contributed by atoms with Crippen molar-refractivity contribution in [3.63, 3.8) is 0 Å². The van der Waals surface area contributed by atoms with Crippen LogP contribution >= 0.6 is 0 Å². The second kappa shape index (κ2) is 14.5. The van der Waals surface area contributed by atoms with Crippen molar-refractivity contribution in [3.8, 4) is 11.1 Å². The molecule has 0 aliphatic heterocycles. The summed E-state index contributed by atoms with van der Waals surface area (Å²) in [5.74, 6) is -0.712. The first kappa shape index (κ1) is 27.6. The Balaban J connectivity index is 1.51. The zero-order valence-electron chi connectivity index (χ0n) is 20.8. The Kier molecular flexibility index (Phi) is 10.8. The monoisotopic (exact) mass is 502 g/mol. The number of unbranched alkanes of at least 4 members (excludes halogenated alkanes) is 3. The molecule has 3 rings (SSSR count). The highest BCUT2D eigenvalue weighted by Gasteiger charge is 2.16. The molecular formula is C29H34N4O4. The van der Waals surface area contributed by atoms with E-state index in [-0.39, 0.29) is 18.2 Å². The van der Waals surface area contributed by atoms with Gasteiger partial charge in [-0.1, -0.05) is 73.5 Å². The summed E-state index contributed by atoms with van der Waals surface area (Å²) in [4.78, 5) is 36.0. The third kappa shape index (κ3) is 9.18. The first-order chi connectivity index (χ1) is 18.0. The normalized spacial score (nSPS) is 11.4. The lowest BCUT2D eigenvalue weighted by atomic mass is 10.0. The van der Waals surface area contributed by atoms with E-state index in [0.29, 0.717) is 30.6 Å². The van der Waals surface area contributed by atoms with E-state index >= 15 is 0 Å². The van der Waals surface area contributed by atoms with Crippen LogP contribution in [0.4, 0.5) is 11.4 Å². The van der Waals surface area contributed by atoms with Crippen molar-refractivity contribution < 1.29 is 19.6 Å². The van der Waals surface area contributed by atoms with Gasteiger partial charge >= 0.3 is 0 Å². The van der Waals surface area contributed by atoms with Gasteiger partial charge in [0.25, 0.3) is 0 Å². The number of carbonyl (C=O) groups excluding carboxylic acids is 3. The number of nitrogens with two attached hydrogens (primary N) is 1. The Bertz CT molecular complexity index is 1170. The second-order valence-corrected chi connectivity index (χ2v) is 8.91. The van der Waals surface area contributed by atoms with Crippen LogP contribution in [-0.4, -0.2) is 29.0 Å². The highest BCUT2D eigenvalue weighted by atomic mass is 16.5. The summed E-state index contributed by atoms with van der Waals surface area (Å²) in [6.45, 7) is 0. The van der Waals surface area contributed by atoms with Crippen molar-refractivity contribution in [2.45, 2.75) is 51.0 Å². The lowest BCUT2D eigenvalue weighted by Gasteiger charge is -2.15. The first-order valence-corrected chi connectivity index (χ1v) is 12.5. The number of amides is 3. The number of anilines is 2. The molecule has 3 amide bonds. The molecule has 0 aliphatic carbocycles. The molecule has 6 N–H and O–H groups in total. The van der Waals surface area contributed by atoms with Gasteiger partial charge in [0, 0.05) is 29.8 Å². The van der Waals surface area contributed by atoms with Crippen molar-refractivity contribution in [1.29, 1.82) is 0 Å². The van der Waals surface area contributed by atoms with Crippen LogP contribution in [0, 0.1) is 0 Å². The third-order valence-corrected chi connectivity index (χ3v) is 5.98. The minimum Gasteiger partial charge on any atom is -0.326 e. The lowest BCUT2D eigenvalue weighted by molar-refractivity contribution is -0.129. The fourth-order valence-corrected chi connectivity index (χ4v) is 3.97. The van der Waals surface area contributed by atoms with Crippen LogP contribution in [0.5, 0.6) is 0 Å². The van der Waals surface area contributed by atoms with Crippen molar-refractivity contribution in [2.75, 3.05) is 10.6 Å². The highest BCUT2D eigenvalue weighted by Crippen LogP contribution is 2.29. The maximum atomic E-state index is 12.8. The molecule has 8 heteroatoms. The van der Waals surface area contributed by atoms with Crippen LogP contribution in [0.15, 0.2) is 78.9 Å². The minimum absolute atomic E-state index is 0.0686. The Labute approximate surface area is 217 Å². The minimum atomic E-state index is -0.673. The zero-order valence-corrected chi connectivity index (χ0v) is 20.8. The predicted molar refractivity (Wildman–Crippen MR) is 145 cm³/mol. The number of para-hydroxylation sites is 1. The molecule has 3 aromatic carbocycles. The van der Waals surface area contributed by atoms with E-state index in [2.05, 4.69) is 10.6 Å². The molecule has 3 aromatic rings. The number of hydrogen-bond acceptors (Lipinski definition) is 5. The van der Waals surface area contributed by atoms with Gasteiger partial charge in [0.05, 0.1) is 6.04 Å². The Morgan fingerprint density at radius 3 is 2.03 bits per heavy atom. The van der Waals surface area contributed by atoms with Gasteiger partial charge in [0.2, 0.25) is 17.7 Å². The fourth-order valence-electron chi connectivity index (χ4n) is 3.97. The molecule has 0 saturated heterocycles. The summed E-state index contributed by atoms with van der Waals surface area (Å²) in [6, 6.07) is 24.0. The van der Waals surface area contributed by atoms with Crippen LogP contribution in [0.2, 0.25) is 0 Å². The van der Waals surface area contributed by atoms with Gasteiger partial charge in [-0.15, -0.1) is 0 Å². The average Bonchev–Trinajstić information content (AvgIpc) is 2.91. The largest absolute Gasteiger partial charge is 0.326 e. The molecular weight excluding hydrogens is 468 g/mol. The van der Waals surface area contributed by atoms with Gasteiger partial charge in [0.1, 0.15) is 0 Å². The number of hydroxylamine groups is 1. The maximum absolute atomic E-state index is 12.8. The van der Waals surface area contributed by atoms with E-state index in [1.54, 1.807) is 5.48 Å². The van der Waals surface area contributed by atoms with E-state index in [9.17, 15) is 14.4 Å². The van der Waals surface area contributed by atoms with Crippen LogP contribution in [0.3, 0.4) is 0 Å². The van der Waals surface area contributed by atoms with Gasteiger partial charge in [-0.25, -0.2) is 5.48 Å². The molecule has 0 saturated carbocycles. The van der Waals surface area contributed by atoms with E-state index in [1.165, 1.54) is 0 Å². The van der Waals surface area contributed by atoms with E-state index < -0.39 is 11.9 Å². The molecule has 8 nitrogen and oxygen atoms in total. The SMILES string of the molecule is N[C@@H](Cc1ccccc1)C(=O)Nc1ccccc1-c1ccc(NC(=O)CCCCCCC(=O)NO)cc1. The van der Waals surface area contributed by atoms with Crippen LogP contribution in [-0.2, 0) is 20.8 Å². The van der Waals surface area contributed by atoms with Crippen molar-refractivity contribution in [3.05, 3.63) is 84.4 Å². The van der Waals surface area contributed by atoms with E-state index in [0.717, 1.165) is 36.0 Å². The predicted octanol–water partition coefficient (Wildman–Crippen LogP) is 4.65.